The van der Waals surface area contributed by atoms with Gasteiger partial charge in [-0.3, -0.25) is 5.32 Å². The minimum atomic E-state index is -0.539. The predicted octanol–water partition coefficient (Wildman–Crippen LogP) is 4.39. The number of hydrogen-bond acceptors (Lipinski definition) is 2. The summed E-state index contributed by atoms with van der Waals surface area (Å²) in [6, 6.07) is 7.47. The molecule has 0 atom stereocenters. The van der Waals surface area contributed by atoms with Crippen LogP contribution in [-0.2, 0) is 0 Å². The highest BCUT2D eigenvalue weighted by atomic mass is 35.5. The van der Waals surface area contributed by atoms with Gasteiger partial charge in [0.1, 0.15) is 5.75 Å². The molecular formula is C14H18ClNO2. The van der Waals surface area contributed by atoms with Gasteiger partial charge in [0.15, 0.2) is 0 Å². The van der Waals surface area contributed by atoms with Crippen LogP contribution >= 0.6 is 11.6 Å². The summed E-state index contributed by atoms with van der Waals surface area (Å²) in [5.41, 5.74) is 1.13. The molecule has 1 rings (SSSR count). The SMILES string of the molecule is CCC(Cl)=CNC(=O)Oc1cccc(C(C)C)c1. The van der Waals surface area contributed by atoms with Gasteiger partial charge in [0, 0.05) is 11.2 Å². The van der Waals surface area contributed by atoms with E-state index in [0.29, 0.717) is 23.1 Å². The molecular weight excluding hydrogens is 250 g/mol. The van der Waals surface area contributed by atoms with Crippen molar-refractivity contribution in [3.05, 3.63) is 41.1 Å². The third-order valence-electron chi connectivity index (χ3n) is 2.42. The maximum atomic E-state index is 11.5. The van der Waals surface area contributed by atoms with Gasteiger partial charge >= 0.3 is 6.09 Å². The molecule has 0 unspecified atom stereocenters. The zero-order chi connectivity index (χ0) is 13.5. The standard InChI is InChI=1S/C14H18ClNO2/c1-4-12(15)9-16-14(17)18-13-7-5-6-11(8-13)10(2)3/h5-10H,4H2,1-3H3,(H,16,17). The van der Waals surface area contributed by atoms with Crippen LogP contribution in [0, 0.1) is 0 Å². The molecule has 0 saturated heterocycles. The summed E-state index contributed by atoms with van der Waals surface area (Å²) in [5, 5.41) is 3.05. The average molecular weight is 268 g/mol. The van der Waals surface area contributed by atoms with Gasteiger partial charge in [-0.05, 0) is 30.0 Å². The van der Waals surface area contributed by atoms with Gasteiger partial charge in [-0.1, -0.05) is 44.5 Å². The Bertz CT molecular complexity index is 441. The van der Waals surface area contributed by atoms with Gasteiger partial charge in [0.2, 0.25) is 0 Å². The van der Waals surface area contributed by atoms with Crippen LogP contribution in [0.2, 0.25) is 0 Å². The average Bonchev–Trinajstić information content (AvgIpc) is 2.36. The first-order chi connectivity index (χ1) is 8.52. The normalized spacial score (nSPS) is 11.5. The van der Waals surface area contributed by atoms with E-state index in [-0.39, 0.29) is 0 Å². The van der Waals surface area contributed by atoms with Crippen LogP contribution < -0.4 is 10.1 Å². The number of hydrogen-bond donors (Lipinski definition) is 1. The van der Waals surface area contributed by atoms with Crippen molar-refractivity contribution in [3.8, 4) is 5.75 Å². The van der Waals surface area contributed by atoms with Crippen LogP contribution in [-0.4, -0.2) is 6.09 Å². The molecule has 0 aliphatic heterocycles. The Hall–Kier alpha value is -1.48. The second kappa shape index (κ2) is 7.07. The van der Waals surface area contributed by atoms with E-state index in [0.717, 1.165) is 5.56 Å². The molecule has 1 amide bonds. The van der Waals surface area contributed by atoms with Crippen LogP contribution in [0.25, 0.3) is 0 Å². The summed E-state index contributed by atoms with van der Waals surface area (Å²) in [4.78, 5) is 11.5. The zero-order valence-corrected chi connectivity index (χ0v) is 11.6. The number of rotatable bonds is 4. The second-order valence-electron chi connectivity index (χ2n) is 4.21. The van der Waals surface area contributed by atoms with Crippen molar-refractivity contribution < 1.29 is 9.53 Å². The smallest absolute Gasteiger partial charge is 0.410 e. The van der Waals surface area contributed by atoms with Gasteiger partial charge in [-0.25, -0.2) is 4.79 Å². The van der Waals surface area contributed by atoms with Crippen molar-refractivity contribution in [3.63, 3.8) is 0 Å². The Labute approximate surface area is 113 Å². The topological polar surface area (TPSA) is 38.3 Å². The maximum absolute atomic E-state index is 11.5. The maximum Gasteiger partial charge on any atom is 0.416 e. The lowest BCUT2D eigenvalue weighted by Gasteiger charge is -2.08. The molecule has 0 bridgehead atoms. The minimum absolute atomic E-state index is 0.394. The lowest BCUT2D eigenvalue weighted by atomic mass is 10.0. The van der Waals surface area contributed by atoms with E-state index in [9.17, 15) is 4.79 Å². The molecule has 0 radical (unpaired) electrons. The third-order valence-corrected chi connectivity index (χ3v) is 2.80. The molecule has 3 nitrogen and oxygen atoms in total. The molecule has 18 heavy (non-hydrogen) atoms. The first-order valence-corrected chi connectivity index (χ1v) is 6.33. The molecule has 0 aromatic heterocycles. The van der Waals surface area contributed by atoms with E-state index >= 15 is 0 Å². The van der Waals surface area contributed by atoms with Crippen LogP contribution in [0.4, 0.5) is 4.79 Å². The van der Waals surface area contributed by atoms with Gasteiger partial charge in [0.05, 0.1) is 0 Å². The molecule has 1 aromatic carbocycles. The molecule has 0 heterocycles. The van der Waals surface area contributed by atoms with Gasteiger partial charge < -0.3 is 4.74 Å². The second-order valence-corrected chi connectivity index (χ2v) is 4.69. The Morgan fingerprint density at radius 2 is 2.22 bits per heavy atom. The Morgan fingerprint density at radius 3 is 2.83 bits per heavy atom. The van der Waals surface area contributed by atoms with Crippen molar-refractivity contribution in [1.29, 1.82) is 0 Å². The number of nitrogens with one attached hydrogen (secondary N) is 1. The quantitative estimate of drug-likeness (QED) is 0.879. The highest BCUT2D eigenvalue weighted by Crippen LogP contribution is 2.20. The summed E-state index contributed by atoms with van der Waals surface area (Å²) < 4.78 is 5.15. The van der Waals surface area contributed by atoms with Gasteiger partial charge in [0.25, 0.3) is 0 Å². The highest BCUT2D eigenvalue weighted by Gasteiger charge is 2.05. The fourth-order valence-electron chi connectivity index (χ4n) is 1.31. The Balaban J connectivity index is 2.62. The molecule has 0 saturated carbocycles. The molecule has 0 aliphatic carbocycles. The van der Waals surface area contributed by atoms with Crippen LogP contribution in [0.3, 0.4) is 0 Å². The zero-order valence-electron chi connectivity index (χ0n) is 10.9. The van der Waals surface area contributed by atoms with Crippen molar-refractivity contribution in [2.75, 3.05) is 0 Å². The number of allylic oxidation sites excluding steroid dienone is 1. The van der Waals surface area contributed by atoms with E-state index in [4.69, 9.17) is 16.3 Å². The van der Waals surface area contributed by atoms with Gasteiger partial charge in [-0.15, -0.1) is 0 Å². The van der Waals surface area contributed by atoms with Crippen molar-refractivity contribution in [2.45, 2.75) is 33.1 Å². The molecule has 98 valence electrons. The van der Waals surface area contributed by atoms with Crippen molar-refractivity contribution in [2.24, 2.45) is 0 Å². The summed E-state index contributed by atoms with van der Waals surface area (Å²) >= 11 is 5.77. The fraction of sp³-hybridized carbons (Fsp3) is 0.357. The lowest BCUT2D eigenvalue weighted by molar-refractivity contribution is 0.204. The molecule has 0 aliphatic rings. The monoisotopic (exact) mass is 267 g/mol. The van der Waals surface area contributed by atoms with E-state index in [1.807, 2.05) is 25.1 Å². The van der Waals surface area contributed by atoms with Crippen molar-refractivity contribution in [1.82, 2.24) is 5.32 Å². The molecule has 1 aromatic rings. The number of ether oxygens (including phenoxy) is 1. The Morgan fingerprint density at radius 1 is 1.50 bits per heavy atom. The number of carbonyl (C=O) groups is 1. The molecule has 1 N–H and O–H groups in total. The number of benzene rings is 1. The summed E-state index contributed by atoms with van der Waals surface area (Å²) in [6.07, 6.45) is 1.57. The highest BCUT2D eigenvalue weighted by molar-refractivity contribution is 6.29. The third kappa shape index (κ3) is 4.80. The van der Waals surface area contributed by atoms with E-state index in [1.165, 1.54) is 6.20 Å². The molecule has 0 spiro atoms. The van der Waals surface area contributed by atoms with Crippen LogP contribution in [0.15, 0.2) is 35.5 Å². The number of halogens is 1. The summed E-state index contributed by atoms with van der Waals surface area (Å²) in [6.45, 7) is 6.07. The predicted molar refractivity (Wildman–Crippen MR) is 73.9 cm³/mol. The largest absolute Gasteiger partial charge is 0.416 e. The van der Waals surface area contributed by atoms with Crippen molar-refractivity contribution >= 4 is 17.7 Å². The van der Waals surface area contributed by atoms with Crippen LogP contribution in [0.1, 0.15) is 38.7 Å². The molecule has 4 heteroatoms. The first-order valence-electron chi connectivity index (χ1n) is 5.95. The van der Waals surface area contributed by atoms with E-state index < -0.39 is 6.09 Å². The minimum Gasteiger partial charge on any atom is -0.410 e. The van der Waals surface area contributed by atoms with Crippen LogP contribution in [0.5, 0.6) is 5.75 Å². The van der Waals surface area contributed by atoms with E-state index in [2.05, 4.69) is 19.2 Å². The number of amides is 1. The Kier molecular flexibility index (Phi) is 5.72. The molecule has 0 fully saturated rings. The summed E-state index contributed by atoms with van der Waals surface area (Å²) in [5.74, 6) is 0.922. The van der Waals surface area contributed by atoms with E-state index in [1.54, 1.807) is 6.07 Å². The lowest BCUT2D eigenvalue weighted by Crippen LogP contribution is -2.21. The summed E-state index contributed by atoms with van der Waals surface area (Å²) in [7, 11) is 0. The van der Waals surface area contributed by atoms with Gasteiger partial charge in [-0.2, -0.15) is 0 Å². The first kappa shape index (κ1) is 14.6. The number of carbonyl (C=O) groups excluding carboxylic acids is 1. The fourth-order valence-corrected chi connectivity index (χ4v) is 1.37.